The molecule has 0 saturated carbocycles. The molecule has 0 aromatic heterocycles. The standard InChI is InChI=1S/C12H16FN3O2/c1-16(2)12(18)15-8-7-14-11(17)9-3-5-10(13)6-4-9/h3-6H,7-8H2,1-2H3,(H,14,17)(H,15,18). The van der Waals surface area contributed by atoms with Crippen molar-refractivity contribution in [1.82, 2.24) is 15.5 Å². The third kappa shape index (κ3) is 4.40. The number of amides is 3. The zero-order chi connectivity index (χ0) is 13.5. The normalized spacial score (nSPS) is 9.72. The van der Waals surface area contributed by atoms with Crippen LogP contribution in [0.1, 0.15) is 10.4 Å². The number of nitrogens with one attached hydrogen (secondary N) is 2. The van der Waals surface area contributed by atoms with E-state index < -0.39 is 0 Å². The predicted molar refractivity (Wildman–Crippen MR) is 65.8 cm³/mol. The molecule has 1 aromatic rings. The second-order valence-corrected chi connectivity index (χ2v) is 3.89. The highest BCUT2D eigenvalue weighted by Crippen LogP contribution is 2.01. The minimum Gasteiger partial charge on any atom is -0.350 e. The summed E-state index contributed by atoms with van der Waals surface area (Å²) in [6.07, 6.45) is 0. The fraction of sp³-hybridized carbons (Fsp3) is 0.333. The summed E-state index contributed by atoms with van der Waals surface area (Å²) < 4.78 is 12.6. The summed E-state index contributed by atoms with van der Waals surface area (Å²) in [6.45, 7) is 0.653. The van der Waals surface area contributed by atoms with E-state index in [4.69, 9.17) is 0 Å². The number of benzene rings is 1. The highest BCUT2D eigenvalue weighted by atomic mass is 19.1. The molecule has 6 heteroatoms. The van der Waals surface area contributed by atoms with Gasteiger partial charge in [-0.15, -0.1) is 0 Å². The molecule has 0 fully saturated rings. The minimum atomic E-state index is -0.384. The largest absolute Gasteiger partial charge is 0.350 e. The Bertz CT molecular complexity index is 418. The summed E-state index contributed by atoms with van der Waals surface area (Å²) in [4.78, 5) is 24.1. The molecule has 2 N–H and O–H groups in total. The van der Waals surface area contributed by atoms with Gasteiger partial charge in [0.1, 0.15) is 5.82 Å². The van der Waals surface area contributed by atoms with Crippen LogP contribution in [-0.4, -0.2) is 44.0 Å². The molecule has 0 atom stereocenters. The predicted octanol–water partition coefficient (Wildman–Crippen LogP) is 0.827. The summed E-state index contributed by atoms with van der Waals surface area (Å²) >= 11 is 0. The number of hydrogen-bond acceptors (Lipinski definition) is 2. The Hall–Kier alpha value is -2.11. The third-order valence-corrected chi connectivity index (χ3v) is 2.20. The van der Waals surface area contributed by atoms with E-state index in [1.165, 1.54) is 29.2 Å². The van der Waals surface area contributed by atoms with E-state index in [2.05, 4.69) is 10.6 Å². The van der Waals surface area contributed by atoms with E-state index in [-0.39, 0.29) is 17.8 Å². The number of nitrogens with zero attached hydrogens (tertiary/aromatic N) is 1. The lowest BCUT2D eigenvalue weighted by molar-refractivity contribution is 0.0953. The Labute approximate surface area is 105 Å². The van der Waals surface area contributed by atoms with Crippen molar-refractivity contribution >= 4 is 11.9 Å². The van der Waals surface area contributed by atoms with Crippen molar-refractivity contribution in [2.24, 2.45) is 0 Å². The lowest BCUT2D eigenvalue weighted by Crippen LogP contribution is -2.39. The van der Waals surface area contributed by atoms with Gasteiger partial charge in [0.2, 0.25) is 0 Å². The molecule has 1 aromatic carbocycles. The molecule has 1 rings (SSSR count). The lowest BCUT2D eigenvalue weighted by Gasteiger charge is -2.12. The number of hydrogen-bond donors (Lipinski definition) is 2. The van der Waals surface area contributed by atoms with Gasteiger partial charge >= 0.3 is 6.03 Å². The van der Waals surface area contributed by atoms with E-state index in [0.29, 0.717) is 18.7 Å². The number of carbonyl (C=O) groups excluding carboxylic acids is 2. The maximum atomic E-state index is 12.6. The van der Waals surface area contributed by atoms with E-state index >= 15 is 0 Å². The van der Waals surface area contributed by atoms with Crippen LogP contribution in [-0.2, 0) is 0 Å². The molecule has 18 heavy (non-hydrogen) atoms. The van der Waals surface area contributed by atoms with Crippen LogP contribution >= 0.6 is 0 Å². The van der Waals surface area contributed by atoms with Crippen LogP contribution in [0.4, 0.5) is 9.18 Å². The number of carbonyl (C=O) groups is 2. The first-order valence-electron chi connectivity index (χ1n) is 5.49. The number of rotatable bonds is 4. The van der Waals surface area contributed by atoms with Crippen LogP contribution in [0.5, 0.6) is 0 Å². The molecule has 0 spiro atoms. The molecule has 0 bridgehead atoms. The van der Waals surface area contributed by atoms with Crippen LogP contribution < -0.4 is 10.6 Å². The molecule has 5 nitrogen and oxygen atoms in total. The van der Waals surface area contributed by atoms with Crippen LogP contribution in [0.2, 0.25) is 0 Å². The second-order valence-electron chi connectivity index (χ2n) is 3.89. The van der Waals surface area contributed by atoms with Gasteiger partial charge in [-0.3, -0.25) is 4.79 Å². The van der Waals surface area contributed by atoms with Crippen LogP contribution in [0.3, 0.4) is 0 Å². The molecule has 98 valence electrons. The van der Waals surface area contributed by atoms with Crippen molar-refractivity contribution in [3.63, 3.8) is 0 Å². The average molecular weight is 253 g/mol. The second kappa shape index (κ2) is 6.58. The first-order valence-corrected chi connectivity index (χ1v) is 5.49. The minimum absolute atomic E-state index is 0.217. The number of halogens is 1. The molecule has 0 aliphatic rings. The SMILES string of the molecule is CN(C)C(=O)NCCNC(=O)c1ccc(F)cc1. The first-order chi connectivity index (χ1) is 8.50. The third-order valence-electron chi connectivity index (χ3n) is 2.20. The van der Waals surface area contributed by atoms with Gasteiger partial charge in [0, 0.05) is 32.7 Å². The van der Waals surface area contributed by atoms with Gasteiger partial charge in [0.25, 0.3) is 5.91 Å². The fourth-order valence-electron chi connectivity index (χ4n) is 1.21. The molecular weight excluding hydrogens is 237 g/mol. The van der Waals surface area contributed by atoms with Crippen LogP contribution in [0.15, 0.2) is 24.3 Å². The summed E-state index contributed by atoms with van der Waals surface area (Å²) in [6, 6.07) is 5.04. The van der Waals surface area contributed by atoms with Crippen molar-refractivity contribution in [3.05, 3.63) is 35.6 Å². The molecule has 3 amide bonds. The Balaban J connectivity index is 2.29. The molecule has 0 saturated heterocycles. The highest BCUT2D eigenvalue weighted by molar-refractivity contribution is 5.94. The van der Waals surface area contributed by atoms with Gasteiger partial charge in [-0.05, 0) is 24.3 Å². The van der Waals surface area contributed by atoms with Gasteiger partial charge < -0.3 is 15.5 Å². The van der Waals surface area contributed by atoms with Crippen molar-refractivity contribution in [2.45, 2.75) is 0 Å². The lowest BCUT2D eigenvalue weighted by atomic mass is 10.2. The van der Waals surface area contributed by atoms with E-state index in [9.17, 15) is 14.0 Å². The zero-order valence-electron chi connectivity index (χ0n) is 10.4. The maximum absolute atomic E-state index is 12.6. The smallest absolute Gasteiger partial charge is 0.316 e. The molecule has 0 aliphatic carbocycles. The van der Waals surface area contributed by atoms with Gasteiger partial charge in [-0.1, -0.05) is 0 Å². The van der Waals surface area contributed by atoms with Crippen molar-refractivity contribution in [2.75, 3.05) is 27.2 Å². The van der Waals surface area contributed by atoms with Crippen molar-refractivity contribution < 1.29 is 14.0 Å². The molecule has 0 heterocycles. The summed E-state index contributed by atoms with van der Waals surface area (Å²) in [5.41, 5.74) is 0.385. The average Bonchev–Trinajstić information content (AvgIpc) is 2.34. The molecular formula is C12H16FN3O2. The van der Waals surface area contributed by atoms with Crippen molar-refractivity contribution in [1.29, 1.82) is 0 Å². The summed E-state index contributed by atoms with van der Waals surface area (Å²) in [5, 5.41) is 5.23. The Morgan fingerprint density at radius 1 is 1.11 bits per heavy atom. The first kappa shape index (κ1) is 14.0. The molecule has 0 unspecified atom stereocenters. The maximum Gasteiger partial charge on any atom is 0.316 e. The quantitative estimate of drug-likeness (QED) is 0.781. The summed E-state index contributed by atoms with van der Waals surface area (Å²) in [7, 11) is 3.26. The topological polar surface area (TPSA) is 61.4 Å². The van der Waals surface area contributed by atoms with E-state index in [1.807, 2.05) is 0 Å². The monoisotopic (exact) mass is 253 g/mol. The van der Waals surface area contributed by atoms with E-state index in [0.717, 1.165) is 0 Å². The molecule has 0 aliphatic heterocycles. The van der Waals surface area contributed by atoms with Gasteiger partial charge in [0.15, 0.2) is 0 Å². The summed E-state index contributed by atoms with van der Waals surface area (Å²) in [5.74, 6) is -0.682. The zero-order valence-corrected chi connectivity index (χ0v) is 10.4. The fourth-order valence-corrected chi connectivity index (χ4v) is 1.21. The van der Waals surface area contributed by atoms with Crippen molar-refractivity contribution in [3.8, 4) is 0 Å². The Morgan fingerprint density at radius 3 is 2.22 bits per heavy atom. The van der Waals surface area contributed by atoms with E-state index in [1.54, 1.807) is 14.1 Å². The molecule has 0 radical (unpaired) electrons. The number of urea groups is 1. The van der Waals surface area contributed by atoms with Gasteiger partial charge in [-0.2, -0.15) is 0 Å². The van der Waals surface area contributed by atoms with Gasteiger partial charge in [0.05, 0.1) is 0 Å². The van der Waals surface area contributed by atoms with Gasteiger partial charge in [-0.25, -0.2) is 9.18 Å². The Kier molecular flexibility index (Phi) is 5.10. The van der Waals surface area contributed by atoms with Crippen LogP contribution in [0.25, 0.3) is 0 Å². The highest BCUT2D eigenvalue weighted by Gasteiger charge is 2.05. The van der Waals surface area contributed by atoms with Crippen LogP contribution in [0, 0.1) is 5.82 Å². The Morgan fingerprint density at radius 2 is 1.67 bits per heavy atom.